The lowest BCUT2D eigenvalue weighted by molar-refractivity contribution is -0.384. The summed E-state index contributed by atoms with van der Waals surface area (Å²) in [5.74, 6) is -0.824. The second kappa shape index (κ2) is 9.12. The second-order valence-electron chi connectivity index (χ2n) is 6.50. The predicted molar refractivity (Wildman–Crippen MR) is 97.3 cm³/mol. The molecule has 0 radical (unpaired) electrons. The topological polar surface area (TPSA) is 89.7 Å². The third-order valence-corrected chi connectivity index (χ3v) is 4.63. The standard InChI is InChI=1S/C19H24N2O5/c1-14(19(23)20(2)16-6-4-3-5-7-16)26-18(22)13-10-15-8-11-17(12-9-15)21(24)25/h8-14,16H,3-7H2,1-2H3/b13-10+/t14-/m1/s1. The van der Waals surface area contributed by atoms with Gasteiger partial charge in [0, 0.05) is 31.3 Å². The van der Waals surface area contributed by atoms with Crippen LogP contribution in [0.2, 0.25) is 0 Å². The van der Waals surface area contributed by atoms with E-state index in [2.05, 4.69) is 0 Å². The molecule has 0 aliphatic heterocycles. The summed E-state index contributed by atoms with van der Waals surface area (Å²) in [4.78, 5) is 36.1. The third kappa shape index (κ3) is 5.40. The van der Waals surface area contributed by atoms with Crippen molar-refractivity contribution in [3.8, 4) is 0 Å². The number of hydrogen-bond acceptors (Lipinski definition) is 5. The van der Waals surface area contributed by atoms with Gasteiger partial charge >= 0.3 is 5.97 Å². The van der Waals surface area contributed by atoms with E-state index in [1.165, 1.54) is 42.8 Å². The van der Waals surface area contributed by atoms with Crippen LogP contribution in [0.4, 0.5) is 5.69 Å². The van der Waals surface area contributed by atoms with Crippen molar-refractivity contribution in [2.45, 2.75) is 51.2 Å². The fourth-order valence-electron chi connectivity index (χ4n) is 3.07. The summed E-state index contributed by atoms with van der Waals surface area (Å²) in [6.07, 6.45) is 7.28. The van der Waals surface area contributed by atoms with Crippen LogP contribution in [-0.4, -0.2) is 40.9 Å². The number of amides is 1. The number of hydrogen-bond donors (Lipinski definition) is 0. The maximum absolute atomic E-state index is 12.4. The Balaban J connectivity index is 1.87. The van der Waals surface area contributed by atoms with Gasteiger partial charge in [-0.25, -0.2) is 4.79 Å². The van der Waals surface area contributed by atoms with E-state index in [4.69, 9.17) is 4.74 Å². The molecule has 1 aromatic carbocycles. The van der Waals surface area contributed by atoms with Gasteiger partial charge in [0.2, 0.25) is 0 Å². The van der Waals surface area contributed by atoms with Crippen LogP contribution in [0.5, 0.6) is 0 Å². The van der Waals surface area contributed by atoms with Crippen LogP contribution in [-0.2, 0) is 14.3 Å². The van der Waals surface area contributed by atoms with Crippen LogP contribution >= 0.6 is 0 Å². The molecule has 0 saturated heterocycles. The lowest BCUT2D eigenvalue weighted by Gasteiger charge is -2.32. The molecule has 1 aliphatic rings. The summed E-state index contributed by atoms with van der Waals surface area (Å²) in [6, 6.07) is 6.00. The molecule has 0 aromatic heterocycles. The Hall–Kier alpha value is -2.70. The average Bonchev–Trinajstić information content (AvgIpc) is 2.66. The fourth-order valence-corrected chi connectivity index (χ4v) is 3.07. The Labute approximate surface area is 152 Å². The Morgan fingerprint density at radius 3 is 2.42 bits per heavy atom. The maximum Gasteiger partial charge on any atom is 0.331 e. The monoisotopic (exact) mass is 360 g/mol. The van der Waals surface area contributed by atoms with Gasteiger partial charge in [0.1, 0.15) is 0 Å². The highest BCUT2D eigenvalue weighted by Gasteiger charge is 2.27. The number of likely N-dealkylation sites (N-methyl/N-ethyl adjacent to an activating group) is 1. The summed E-state index contributed by atoms with van der Waals surface area (Å²) in [5, 5.41) is 10.6. The highest BCUT2D eigenvalue weighted by atomic mass is 16.6. The van der Waals surface area contributed by atoms with E-state index in [1.807, 2.05) is 0 Å². The lowest BCUT2D eigenvalue weighted by Crippen LogP contribution is -2.44. The number of benzene rings is 1. The summed E-state index contributed by atoms with van der Waals surface area (Å²) in [7, 11) is 1.76. The predicted octanol–water partition coefficient (Wildman–Crippen LogP) is 3.33. The zero-order valence-electron chi connectivity index (χ0n) is 15.1. The molecule has 7 heteroatoms. The Morgan fingerprint density at radius 1 is 1.23 bits per heavy atom. The molecule has 1 amide bonds. The van der Waals surface area contributed by atoms with E-state index in [1.54, 1.807) is 18.9 Å². The van der Waals surface area contributed by atoms with Gasteiger partial charge < -0.3 is 9.64 Å². The van der Waals surface area contributed by atoms with Crippen LogP contribution in [0.1, 0.15) is 44.6 Å². The van der Waals surface area contributed by atoms with Crippen LogP contribution in [0.3, 0.4) is 0 Å². The molecule has 0 bridgehead atoms. The summed E-state index contributed by atoms with van der Waals surface area (Å²) in [5.41, 5.74) is 0.612. The summed E-state index contributed by atoms with van der Waals surface area (Å²) in [6.45, 7) is 1.57. The van der Waals surface area contributed by atoms with Gasteiger partial charge in [-0.15, -0.1) is 0 Å². The van der Waals surface area contributed by atoms with Gasteiger partial charge in [-0.1, -0.05) is 19.3 Å². The van der Waals surface area contributed by atoms with Crippen molar-refractivity contribution in [2.75, 3.05) is 7.05 Å². The number of carbonyl (C=O) groups is 2. The first-order chi connectivity index (χ1) is 12.4. The van der Waals surface area contributed by atoms with E-state index in [0.29, 0.717) is 5.56 Å². The molecule has 7 nitrogen and oxygen atoms in total. The number of carbonyl (C=O) groups excluding carboxylic acids is 2. The number of nitrogens with zero attached hydrogens (tertiary/aromatic N) is 2. The number of nitro benzene ring substituents is 1. The highest BCUT2D eigenvalue weighted by molar-refractivity contribution is 5.90. The molecule has 1 aromatic rings. The van der Waals surface area contributed by atoms with E-state index < -0.39 is 17.0 Å². The molecule has 0 spiro atoms. The van der Waals surface area contributed by atoms with Gasteiger partial charge in [-0.05, 0) is 43.5 Å². The number of rotatable bonds is 6. The normalized spacial score (nSPS) is 16.2. The average molecular weight is 360 g/mol. The van der Waals surface area contributed by atoms with Crippen LogP contribution in [0.15, 0.2) is 30.3 Å². The minimum atomic E-state index is -0.851. The highest BCUT2D eigenvalue weighted by Crippen LogP contribution is 2.22. The molecule has 0 unspecified atom stereocenters. The molecule has 1 saturated carbocycles. The lowest BCUT2D eigenvalue weighted by atomic mass is 9.94. The van der Waals surface area contributed by atoms with E-state index in [0.717, 1.165) is 25.7 Å². The molecule has 0 heterocycles. The molecule has 1 atom stereocenters. The van der Waals surface area contributed by atoms with E-state index >= 15 is 0 Å². The van der Waals surface area contributed by atoms with E-state index in [-0.39, 0.29) is 17.6 Å². The number of esters is 1. The van der Waals surface area contributed by atoms with Crippen molar-refractivity contribution in [2.24, 2.45) is 0 Å². The Morgan fingerprint density at radius 2 is 1.85 bits per heavy atom. The van der Waals surface area contributed by atoms with Crippen LogP contribution in [0, 0.1) is 10.1 Å². The van der Waals surface area contributed by atoms with E-state index in [9.17, 15) is 19.7 Å². The smallest absolute Gasteiger partial charge is 0.331 e. The SMILES string of the molecule is C[C@@H](OC(=O)/C=C/c1ccc([N+](=O)[O-])cc1)C(=O)N(C)C1CCCCC1. The molecule has 140 valence electrons. The summed E-state index contributed by atoms with van der Waals surface area (Å²) < 4.78 is 5.18. The van der Waals surface area contributed by atoms with Gasteiger partial charge in [0.15, 0.2) is 6.10 Å². The number of nitro groups is 1. The van der Waals surface area contributed by atoms with Crippen LogP contribution in [0.25, 0.3) is 6.08 Å². The second-order valence-corrected chi connectivity index (χ2v) is 6.50. The molecular weight excluding hydrogens is 336 g/mol. The van der Waals surface area contributed by atoms with Gasteiger partial charge in [-0.2, -0.15) is 0 Å². The van der Waals surface area contributed by atoms with Crippen molar-refractivity contribution >= 4 is 23.6 Å². The van der Waals surface area contributed by atoms with Crippen molar-refractivity contribution < 1.29 is 19.2 Å². The van der Waals surface area contributed by atoms with Gasteiger partial charge in [-0.3, -0.25) is 14.9 Å². The van der Waals surface area contributed by atoms with Crippen molar-refractivity contribution in [1.82, 2.24) is 4.90 Å². The van der Waals surface area contributed by atoms with Crippen molar-refractivity contribution in [3.63, 3.8) is 0 Å². The number of non-ortho nitro benzene ring substituents is 1. The van der Waals surface area contributed by atoms with Gasteiger partial charge in [0.25, 0.3) is 11.6 Å². The van der Waals surface area contributed by atoms with Crippen molar-refractivity contribution in [3.05, 3.63) is 46.0 Å². The molecular formula is C19H24N2O5. The molecule has 0 N–H and O–H groups in total. The zero-order valence-corrected chi connectivity index (χ0v) is 15.1. The largest absolute Gasteiger partial charge is 0.449 e. The first-order valence-electron chi connectivity index (χ1n) is 8.78. The molecule has 26 heavy (non-hydrogen) atoms. The van der Waals surface area contributed by atoms with Gasteiger partial charge in [0.05, 0.1) is 4.92 Å². The molecule has 2 rings (SSSR count). The minimum Gasteiger partial charge on any atom is -0.449 e. The summed E-state index contributed by atoms with van der Waals surface area (Å²) >= 11 is 0. The maximum atomic E-state index is 12.4. The van der Waals surface area contributed by atoms with Crippen LogP contribution < -0.4 is 0 Å². The molecule has 1 aliphatic carbocycles. The Kier molecular flexibility index (Phi) is 6.89. The fraction of sp³-hybridized carbons (Fsp3) is 0.474. The first-order valence-corrected chi connectivity index (χ1v) is 8.78. The minimum absolute atomic E-state index is 0.0188. The third-order valence-electron chi connectivity index (χ3n) is 4.63. The van der Waals surface area contributed by atoms with Crippen molar-refractivity contribution in [1.29, 1.82) is 0 Å². The quantitative estimate of drug-likeness (QED) is 0.336. The first kappa shape index (κ1) is 19.6. The Bertz CT molecular complexity index is 678. The number of ether oxygens (including phenoxy) is 1. The molecule has 1 fully saturated rings. The zero-order chi connectivity index (χ0) is 19.1.